The standard InChI is InChI=1S/C23H26F3N3O/c1-17(22(30)29-10-9-18-5-2-3-6-19(18)16-29)27-11-13-28(14-12-27)21-8-4-7-20(15-21)23(24,25)26/h2-8,15,17H,9-14,16H2,1H3/t17-/m1/s1. The molecule has 0 spiro atoms. The second-order valence-corrected chi connectivity index (χ2v) is 8.03. The molecule has 2 heterocycles. The minimum Gasteiger partial charge on any atom is -0.369 e. The van der Waals surface area contributed by atoms with E-state index in [0.717, 1.165) is 19.0 Å². The molecule has 2 aromatic rings. The molecule has 1 amide bonds. The fourth-order valence-corrected chi connectivity index (χ4v) is 4.35. The van der Waals surface area contributed by atoms with Gasteiger partial charge in [0.25, 0.3) is 0 Å². The third-order valence-corrected chi connectivity index (χ3v) is 6.20. The van der Waals surface area contributed by atoms with Gasteiger partial charge in [-0.3, -0.25) is 9.69 Å². The van der Waals surface area contributed by atoms with Gasteiger partial charge in [-0.2, -0.15) is 13.2 Å². The number of fused-ring (bicyclic) bond motifs is 1. The van der Waals surface area contributed by atoms with E-state index in [1.54, 1.807) is 6.07 Å². The molecule has 0 radical (unpaired) electrons. The Labute approximate surface area is 174 Å². The topological polar surface area (TPSA) is 26.8 Å². The van der Waals surface area contributed by atoms with Gasteiger partial charge in [-0.15, -0.1) is 0 Å². The van der Waals surface area contributed by atoms with E-state index in [9.17, 15) is 18.0 Å². The van der Waals surface area contributed by atoms with E-state index in [4.69, 9.17) is 0 Å². The summed E-state index contributed by atoms with van der Waals surface area (Å²) in [4.78, 5) is 19.1. The van der Waals surface area contributed by atoms with Crippen molar-refractivity contribution in [1.29, 1.82) is 0 Å². The van der Waals surface area contributed by atoms with E-state index in [2.05, 4.69) is 17.0 Å². The lowest BCUT2D eigenvalue weighted by molar-refractivity contribution is -0.138. The Balaban J connectivity index is 1.36. The lowest BCUT2D eigenvalue weighted by Gasteiger charge is -2.40. The first-order valence-electron chi connectivity index (χ1n) is 10.3. The Morgan fingerprint density at radius 2 is 1.63 bits per heavy atom. The highest BCUT2D eigenvalue weighted by molar-refractivity contribution is 5.81. The number of nitrogens with zero attached hydrogens (tertiary/aromatic N) is 3. The molecule has 160 valence electrons. The molecule has 7 heteroatoms. The summed E-state index contributed by atoms with van der Waals surface area (Å²) in [6.45, 7) is 5.79. The summed E-state index contributed by atoms with van der Waals surface area (Å²) in [5.74, 6) is 0.122. The molecule has 2 aliphatic heterocycles. The predicted molar refractivity (Wildman–Crippen MR) is 110 cm³/mol. The molecule has 4 nitrogen and oxygen atoms in total. The highest BCUT2D eigenvalue weighted by Gasteiger charge is 2.32. The number of amides is 1. The molecule has 0 aromatic heterocycles. The minimum absolute atomic E-state index is 0.122. The maximum atomic E-state index is 13.1. The van der Waals surface area contributed by atoms with Crippen LogP contribution in [0.4, 0.5) is 18.9 Å². The van der Waals surface area contributed by atoms with Crippen molar-refractivity contribution in [2.75, 3.05) is 37.6 Å². The summed E-state index contributed by atoms with van der Waals surface area (Å²) >= 11 is 0. The monoisotopic (exact) mass is 417 g/mol. The number of hydrogen-bond donors (Lipinski definition) is 0. The lowest BCUT2D eigenvalue weighted by atomic mass is 9.99. The molecule has 2 aliphatic rings. The molecule has 0 bridgehead atoms. The van der Waals surface area contributed by atoms with Gasteiger partial charge in [0, 0.05) is 45.0 Å². The minimum atomic E-state index is -4.34. The zero-order chi connectivity index (χ0) is 21.3. The number of rotatable bonds is 3. The summed E-state index contributed by atoms with van der Waals surface area (Å²) in [5, 5.41) is 0. The van der Waals surface area contributed by atoms with Gasteiger partial charge in [0.1, 0.15) is 0 Å². The maximum Gasteiger partial charge on any atom is 0.416 e. The van der Waals surface area contributed by atoms with Crippen molar-refractivity contribution in [3.63, 3.8) is 0 Å². The van der Waals surface area contributed by atoms with Crippen molar-refractivity contribution < 1.29 is 18.0 Å². The molecule has 0 aliphatic carbocycles. The van der Waals surface area contributed by atoms with Crippen LogP contribution in [0.3, 0.4) is 0 Å². The van der Waals surface area contributed by atoms with E-state index in [-0.39, 0.29) is 11.9 Å². The van der Waals surface area contributed by atoms with Crippen LogP contribution in [0.5, 0.6) is 0 Å². The second-order valence-electron chi connectivity index (χ2n) is 8.03. The average molecular weight is 417 g/mol. The van der Waals surface area contributed by atoms with Crippen LogP contribution in [0, 0.1) is 0 Å². The van der Waals surface area contributed by atoms with Gasteiger partial charge in [-0.1, -0.05) is 30.3 Å². The zero-order valence-electron chi connectivity index (χ0n) is 17.0. The summed E-state index contributed by atoms with van der Waals surface area (Å²) in [6, 6.07) is 13.5. The zero-order valence-corrected chi connectivity index (χ0v) is 17.0. The summed E-state index contributed by atoms with van der Waals surface area (Å²) in [5.41, 5.74) is 2.47. The van der Waals surface area contributed by atoms with Crippen molar-refractivity contribution in [3.8, 4) is 0 Å². The van der Waals surface area contributed by atoms with Crippen molar-refractivity contribution in [3.05, 3.63) is 65.2 Å². The highest BCUT2D eigenvalue weighted by Crippen LogP contribution is 2.32. The number of carbonyl (C=O) groups is 1. The number of anilines is 1. The van der Waals surface area contributed by atoms with Crippen LogP contribution < -0.4 is 4.90 Å². The fraction of sp³-hybridized carbons (Fsp3) is 0.435. The van der Waals surface area contributed by atoms with Gasteiger partial charge < -0.3 is 9.80 Å². The van der Waals surface area contributed by atoms with Gasteiger partial charge in [0.05, 0.1) is 11.6 Å². The first kappa shape index (κ1) is 20.7. The van der Waals surface area contributed by atoms with E-state index in [1.165, 1.54) is 23.3 Å². The van der Waals surface area contributed by atoms with Crippen LogP contribution in [0.25, 0.3) is 0 Å². The quantitative estimate of drug-likeness (QED) is 0.760. The SMILES string of the molecule is C[C@H](C(=O)N1CCc2ccccc2C1)N1CCN(c2cccc(C(F)(F)F)c2)CC1. The Morgan fingerprint density at radius 3 is 2.33 bits per heavy atom. The van der Waals surface area contributed by atoms with Crippen molar-refractivity contribution in [1.82, 2.24) is 9.80 Å². The third-order valence-electron chi connectivity index (χ3n) is 6.20. The number of halogens is 3. The van der Waals surface area contributed by atoms with Gasteiger partial charge in [0.15, 0.2) is 0 Å². The van der Waals surface area contributed by atoms with Crippen LogP contribution in [0.1, 0.15) is 23.6 Å². The Hall–Kier alpha value is -2.54. The smallest absolute Gasteiger partial charge is 0.369 e. The van der Waals surface area contributed by atoms with Crippen LogP contribution in [0.15, 0.2) is 48.5 Å². The molecule has 30 heavy (non-hydrogen) atoms. The molecule has 4 rings (SSSR count). The molecule has 2 aromatic carbocycles. The lowest BCUT2D eigenvalue weighted by Crippen LogP contribution is -2.55. The first-order chi connectivity index (χ1) is 14.3. The van der Waals surface area contributed by atoms with Crippen molar-refractivity contribution in [2.45, 2.75) is 32.1 Å². The molecule has 0 saturated carbocycles. The second kappa shape index (κ2) is 8.30. The highest BCUT2D eigenvalue weighted by atomic mass is 19.4. The number of carbonyl (C=O) groups excluding carboxylic acids is 1. The van der Waals surface area contributed by atoms with Crippen LogP contribution >= 0.6 is 0 Å². The Morgan fingerprint density at radius 1 is 0.933 bits per heavy atom. The van der Waals surface area contributed by atoms with E-state index in [1.807, 2.05) is 28.9 Å². The molecule has 1 fully saturated rings. The first-order valence-corrected chi connectivity index (χ1v) is 10.3. The van der Waals surface area contributed by atoms with Crippen molar-refractivity contribution in [2.24, 2.45) is 0 Å². The molecular weight excluding hydrogens is 391 g/mol. The fourth-order valence-electron chi connectivity index (χ4n) is 4.35. The summed E-state index contributed by atoms with van der Waals surface area (Å²) < 4.78 is 39.0. The van der Waals surface area contributed by atoms with E-state index in [0.29, 0.717) is 38.4 Å². The van der Waals surface area contributed by atoms with Gasteiger partial charge in [-0.05, 0) is 42.7 Å². The van der Waals surface area contributed by atoms with Crippen LogP contribution in [0.2, 0.25) is 0 Å². The van der Waals surface area contributed by atoms with Crippen LogP contribution in [-0.2, 0) is 23.9 Å². The van der Waals surface area contributed by atoms with E-state index >= 15 is 0 Å². The summed E-state index contributed by atoms with van der Waals surface area (Å²) in [6.07, 6.45) is -3.47. The molecule has 0 N–H and O–H groups in total. The average Bonchev–Trinajstić information content (AvgIpc) is 2.77. The molecular formula is C23H26F3N3O. The Bertz CT molecular complexity index is 907. The number of hydrogen-bond acceptors (Lipinski definition) is 3. The largest absolute Gasteiger partial charge is 0.416 e. The number of piperazine rings is 1. The normalized spacial score (nSPS) is 18.8. The number of alkyl halides is 3. The van der Waals surface area contributed by atoms with E-state index < -0.39 is 11.7 Å². The van der Waals surface area contributed by atoms with Crippen LogP contribution in [-0.4, -0.2) is 54.5 Å². The molecule has 1 atom stereocenters. The predicted octanol–water partition coefficient (Wildman–Crippen LogP) is 3.80. The number of benzene rings is 2. The Kier molecular flexibility index (Phi) is 5.73. The van der Waals surface area contributed by atoms with Gasteiger partial charge in [0.2, 0.25) is 5.91 Å². The van der Waals surface area contributed by atoms with Gasteiger partial charge in [-0.25, -0.2) is 0 Å². The van der Waals surface area contributed by atoms with Gasteiger partial charge >= 0.3 is 6.18 Å². The van der Waals surface area contributed by atoms with Crippen molar-refractivity contribution >= 4 is 11.6 Å². The molecule has 1 saturated heterocycles. The third kappa shape index (κ3) is 4.31. The maximum absolute atomic E-state index is 13.1. The molecule has 0 unspecified atom stereocenters. The summed E-state index contributed by atoms with van der Waals surface area (Å²) in [7, 11) is 0.